The van der Waals surface area contributed by atoms with Crippen molar-refractivity contribution in [3.63, 3.8) is 0 Å². The van der Waals surface area contributed by atoms with E-state index in [9.17, 15) is 0 Å². The third-order valence-corrected chi connectivity index (χ3v) is 3.90. The Morgan fingerprint density at radius 3 is 2.52 bits per heavy atom. The topological polar surface area (TPSA) is 44.5 Å². The second kappa shape index (κ2) is 7.03. The zero-order chi connectivity index (χ0) is 15.3. The van der Waals surface area contributed by atoms with Gasteiger partial charge in [-0.05, 0) is 42.7 Å². The molecule has 114 valence electrons. The SMILES string of the molecule is COC(C)(C)CCOCC(N)c1ccc2ccccc2c1. The molecule has 1 unspecified atom stereocenters. The Balaban J connectivity index is 1.88. The number of methoxy groups -OCH3 is 1. The number of rotatable bonds is 7. The molecular formula is C18H25NO2. The summed E-state index contributed by atoms with van der Waals surface area (Å²) in [6, 6.07) is 14.5. The van der Waals surface area contributed by atoms with Gasteiger partial charge in [0.25, 0.3) is 0 Å². The van der Waals surface area contributed by atoms with Gasteiger partial charge in [0.15, 0.2) is 0 Å². The van der Waals surface area contributed by atoms with Crippen molar-refractivity contribution in [2.45, 2.75) is 31.9 Å². The minimum absolute atomic E-state index is 0.0970. The van der Waals surface area contributed by atoms with Crippen LogP contribution in [0.5, 0.6) is 0 Å². The number of benzene rings is 2. The van der Waals surface area contributed by atoms with Crippen LogP contribution in [0.1, 0.15) is 31.9 Å². The van der Waals surface area contributed by atoms with Crippen molar-refractivity contribution in [2.75, 3.05) is 20.3 Å². The summed E-state index contributed by atoms with van der Waals surface area (Å²) in [5.41, 5.74) is 7.18. The van der Waals surface area contributed by atoms with Gasteiger partial charge >= 0.3 is 0 Å². The zero-order valence-corrected chi connectivity index (χ0v) is 13.1. The fourth-order valence-corrected chi connectivity index (χ4v) is 2.16. The molecule has 3 heteroatoms. The quantitative estimate of drug-likeness (QED) is 0.790. The number of nitrogens with two attached hydrogens (primary N) is 1. The fourth-order valence-electron chi connectivity index (χ4n) is 2.16. The van der Waals surface area contributed by atoms with Crippen LogP contribution < -0.4 is 5.73 Å². The molecule has 2 N–H and O–H groups in total. The third-order valence-electron chi connectivity index (χ3n) is 3.90. The molecule has 0 fully saturated rings. The summed E-state index contributed by atoms with van der Waals surface area (Å²) in [5.74, 6) is 0. The maximum Gasteiger partial charge on any atom is 0.0659 e. The molecule has 1 atom stereocenters. The molecule has 0 spiro atoms. The van der Waals surface area contributed by atoms with Gasteiger partial charge in [-0.15, -0.1) is 0 Å². The molecule has 0 aliphatic rings. The maximum absolute atomic E-state index is 6.21. The lowest BCUT2D eigenvalue weighted by Crippen LogP contribution is -2.25. The van der Waals surface area contributed by atoms with Crippen molar-refractivity contribution < 1.29 is 9.47 Å². The lowest BCUT2D eigenvalue weighted by Gasteiger charge is -2.23. The Labute approximate surface area is 127 Å². The highest BCUT2D eigenvalue weighted by Gasteiger charge is 2.16. The number of ether oxygens (including phenoxy) is 2. The van der Waals surface area contributed by atoms with E-state index in [1.807, 2.05) is 12.1 Å². The second-order valence-corrected chi connectivity index (χ2v) is 6.00. The molecule has 2 rings (SSSR count). The van der Waals surface area contributed by atoms with Crippen molar-refractivity contribution >= 4 is 10.8 Å². The standard InChI is InChI=1S/C18H25NO2/c1-18(2,20-3)10-11-21-13-17(19)16-9-8-14-6-4-5-7-15(14)12-16/h4-9,12,17H,10-11,13,19H2,1-3H3. The van der Waals surface area contributed by atoms with Gasteiger partial charge in [0.05, 0.1) is 18.2 Å². The fraction of sp³-hybridized carbons (Fsp3) is 0.444. The summed E-state index contributed by atoms with van der Waals surface area (Å²) in [7, 11) is 1.72. The molecule has 0 aromatic heterocycles. The Morgan fingerprint density at radius 2 is 1.81 bits per heavy atom. The van der Waals surface area contributed by atoms with E-state index in [0.29, 0.717) is 13.2 Å². The van der Waals surface area contributed by atoms with Gasteiger partial charge in [-0.1, -0.05) is 36.4 Å². The highest BCUT2D eigenvalue weighted by Crippen LogP contribution is 2.20. The first kappa shape index (κ1) is 16.0. The van der Waals surface area contributed by atoms with E-state index in [4.69, 9.17) is 15.2 Å². The van der Waals surface area contributed by atoms with Crippen molar-refractivity contribution in [1.29, 1.82) is 0 Å². The lowest BCUT2D eigenvalue weighted by atomic mass is 10.0. The first-order valence-corrected chi connectivity index (χ1v) is 7.39. The van der Waals surface area contributed by atoms with Crippen LogP contribution in [0.15, 0.2) is 42.5 Å². The van der Waals surface area contributed by atoms with E-state index in [2.05, 4.69) is 44.2 Å². The minimum atomic E-state index is -0.146. The van der Waals surface area contributed by atoms with Crippen LogP contribution in [0.4, 0.5) is 0 Å². The van der Waals surface area contributed by atoms with Crippen LogP contribution >= 0.6 is 0 Å². The minimum Gasteiger partial charge on any atom is -0.379 e. The Hall–Kier alpha value is -1.42. The molecule has 2 aromatic carbocycles. The summed E-state index contributed by atoms with van der Waals surface area (Å²) in [4.78, 5) is 0. The van der Waals surface area contributed by atoms with Crippen LogP contribution in [0.3, 0.4) is 0 Å². The van der Waals surface area contributed by atoms with Crippen LogP contribution in [0, 0.1) is 0 Å². The van der Waals surface area contributed by atoms with Gasteiger partial charge in [-0.3, -0.25) is 0 Å². The molecular weight excluding hydrogens is 262 g/mol. The first-order chi connectivity index (χ1) is 10.0. The smallest absolute Gasteiger partial charge is 0.0659 e. The molecule has 0 aliphatic heterocycles. The van der Waals surface area contributed by atoms with Crippen molar-refractivity contribution in [3.05, 3.63) is 48.0 Å². The first-order valence-electron chi connectivity index (χ1n) is 7.39. The molecule has 0 radical (unpaired) electrons. The van der Waals surface area contributed by atoms with Gasteiger partial charge in [-0.2, -0.15) is 0 Å². The van der Waals surface area contributed by atoms with E-state index < -0.39 is 0 Å². The van der Waals surface area contributed by atoms with Crippen LogP contribution in [0.25, 0.3) is 10.8 Å². The summed E-state index contributed by atoms with van der Waals surface area (Å²) < 4.78 is 11.1. The monoisotopic (exact) mass is 287 g/mol. The summed E-state index contributed by atoms with van der Waals surface area (Å²) >= 11 is 0. The van der Waals surface area contributed by atoms with Crippen LogP contribution in [-0.2, 0) is 9.47 Å². The van der Waals surface area contributed by atoms with E-state index in [1.165, 1.54) is 10.8 Å². The summed E-state index contributed by atoms with van der Waals surface area (Å²) in [6.45, 7) is 5.29. The predicted octanol–water partition coefficient (Wildman–Crippen LogP) is 3.67. The lowest BCUT2D eigenvalue weighted by molar-refractivity contribution is -0.0113. The van der Waals surface area contributed by atoms with Crippen molar-refractivity contribution in [2.24, 2.45) is 5.73 Å². The van der Waals surface area contributed by atoms with Gasteiger partial charge in [0.2, 0.25) is 0 Å². The molecule has 21 heavy (non-hydrogen) atoms. The molecule has 0 aliphatic carbocycles. The average Bonchev–Trinajstić information content (AvgIpc) is 2.51. The average molecular weight is 287 g/mol. The van der Waals surface area contributed by atoms with Gasteiger partial charge in [0.1, 0.15) is 0 Å². The second-order valence-electron chi connectivity index (χ2n) is 6.00. The Kier molecular flexibility index (Phi) is 5.34. The van der Waals surface area contributed by atoms with Crippen LogP contribution in [-0.4, -0.2) is 25.9 Å². The van der Waals surface area contributed by atoms with Crippen LogP contribution in [0.2, 0.25) is 0 Å². The van der Waals surface area contributed by atoms with Gasteiger partial charge < -0.3 is 15.2 Å². The molecule has 0 bridgehead atoms. The molecule has 3 nitrogen and oxygen atoms in total. The van der Waals surface area contributed by atoms with Crippen molar-refractivity contribution in [3.8, 4) is 0 Å². The van der Waals surface area contributed by atoms with Gasteiger partial charge in [-0.25, -0.2) is 0 Å². The third kappa shape index (κ3) is 4.53. The predicted molar refractivity (Wildman–Crippen MR) is 87.4 cm³/mol. The molecule has 0 heterocycles. The Bertz CT molecular complexity index is 580. The van der Waals surface area contributed by atoms with Gasteiger partial charge in [0, 0.05) is 13.7 Å². The van der Waals surface area contributed by atoms with E-state index in [-0.39, 0.29) is 11.6 Å². The largest absolute Gasteiger partial charge is 0.379 e. The summed E-state index contributed by atoms with van der Waals surface area (Å²) in [5, 5.41) is 2.45. The zero-order valence-electron chi connectivity index (χ0n) is 13.1. The number of fused-ring (bicyclic) bond motifs is 1. The molecule has 0 saturated heterocycles. The van der Waals surface area contributed by atoms with Crippen molar-refractivity contribution in [1.82, 2.24) is 0 Å². The highest BCUT2D eigenvalue weighted by molar-refractivity contribution is 5.83. The number of hydrogen-bond acceptors (Lipinski definition) is 3. The Morgan fingerprint density at radius 1 is 1.10 bits per heavy atom. The maximum atomic E-state index is 6.21. The molecule has 2 aromatic rings. The molecule has 0 saturated carbocycles. The highest BCUT2D eigenvalue weighted by atomic mass is 16.5. The number of hydrogen-bond donors (Lipinski definition) is 1. The van der Waals surface area contributed by atoms with E-state index >= 15 is 0 Å². The normalized spacial score (nSPS) is 13.5. The summed E-state index contributed by atoms with van der Waals surface area (Å²) in [6.07, 6.45) is 0.855. The molecule has 0 amide bonds. The van der Waals surface area contributed by atoms with E-state index in [0.717, 1.165) is 12.0 Å². The van der Waals surface area contributed by atoms with E-state index in [1.54, 1.807) is 7.11 Å².